The van der Waals surface area contributed by atoms with E-state index < -0.39 is 7.72 Å². The number of hydrogen-bond acceptors (Lipinski definition) is 2. The monoisotopic (exact) mass is 179 g/mol. The summed E-state index contributed by atoms with van der Waals surface area (Å²) in [7, 11) is -1.55. The van der Waals surface area contributed by atoms with Gasteiger partial charge in [-0.05, 0) is 27.7 Å². The van der Waals surface area contributed by atoms with Gasteiger partial charge in [-0.2, -0.15) is 0 Å². The molecule has 0 rings (SSSR count). The fraction of sp³-hybridized carbons (Fsp3) is 1.00. The van der Waals surface area contributed by atoms with Gasteiger partial charge in [0, 0.05) is 0 Å². The van der Waals surface area contributed by atoms with Crippen LogP contribution in [0.15, 0.2) is 0 Å². The van der Waals surface area contributed by atoms with Gasteiger partial charge in [0.2, 0.25) is 0 Å². The molecule has 0 spiro atoms. The van der Waals surface area contributed by atoms with Crippen molar-refractivity contribution in [1.29, 1.82) is 0 Å². The van der Waals surface area contributed by atoms with Crippen LogP contribution >= 0.6 is 7.72 Å². The van der Waals surface area contributed by atoms with Crippen LogP contribution in [-0.2, 0) is 9.05 Å². The molecule has 0 unspecified atom stereocenters. The van der Waals surface area contributed by atoms with E-state index in [1.54, 1.807) is 0 Å². The average Bonchev–Trinajstić information content (AvgIpc) is 1.53. The summed E-state index contributed by atoms with van der Waals surface area (Å²) < 4.78 is 11.3. The first-order chi connectivity index (χ1) is 4.83. The Morgan fingerprint density at radius 2 is 1.09 bits per heavy atom. The zero-order chi connectivity index (χ0) is 9.07. The molecule has 0 aliphatic rings. The van der Waals surface area contributed by atoms with Crippen molar-refractivity contribution in [3.05, 3.63) is 0 Å². The first-order valence-electron chi connectivity index (χ1n) is 4.04. The number of rotatable bonds is 4. The van der Waals surface area contributed by atoms with Crippen LogP contribution in [0, 0.1) is 0 Å². The van der Waals surface area contributed by atoms with Crippen LogP contribution in [0.1, 0.15) is 27.7 Å². The van der Waals surface area contributed by atoms with Gasteiger partial charge in [0.05, 0.1) is 12.2 Å². The van der Waals surface area contributed by atoms with E-state index in [-0.39, 0.29) is 12.2 Å². The summed E-state index contributed by atoms with van der Waals surface area (Å²) in [5.74, 6) is 0. The molecule has 0 bridgehead atoms. The fourth-order valence-corrected chi connectivity index (χ4v) is 3.12. The molecule has 0 heterocycles. The normalized spacial score (nSPS) is 13.1. The van der Waals surface area contributed by atoms with Gasteiger partial charge in [0.1, 0.15) is 13.3 Å². The fourth-order valence-electron chi connectivity index (χ4n) is 1.04. The van der Waals surface area contributed by atoms with Gasteiger partial charge in [0.25, 0.3) is 7.72 Å². The van der Waals surface area contributed by atoms with Gasteiger partial charge in [-0.1, -0.05) is 0 Å². The summed E-state index contributed by atoms with van der Waals surface area (Å²) in [4.78, 5) is 0. The lowest BCUT2D eigenvalue weighted by atomic mass is 10.5. The maximum Gasteiger partial charge on any atom is 0.270 e. The zero-order valence-corrected chi connectivity index (χ0v) is 9.31. The summed E-state index contributed by atoms with van der Waals surface area (Å²) in [5, 5.41) is 0. The maximum absolute atomic E-state index is 5.64. The maximum atomic E-state index is 5.64. The molecular formula is C8H20O2P+. The Hall–Kier alpha value is 0.350. The molecule has 0 aliphatic heterocycles. The second kappa shape index (κ2) is 4.39. The van der Waals surface area contributed by atoms with Crippen LogP contribution in [0.5, 0.6) is 0 Å². The molecule has 0 aromatic carbocycles. The second-order valence-corrected chi connectivity index (χ2v) is 6.49. The van der Waals surface area contributed by atoms with Gasteiger partial charge in [-0.15, -0.1) is 0 Å². The van der Waals surface area contributed by atoms with Gasteiger partial charge in [0.15, 0.2) is 0 Å². The van der Waals surface area contributed by atoms with Crippen molar-refractivity contribution in [2.24, 2.45) is 0 Å². The van der Waals surface area contributed by atoms with E-state index in [4.69, 9.17) is 9.05 Å². The topological polar surface area (TPSA) is 18.5 Å². The predicted molar refractivity (Wildman–Crippen MR) is 51.2 cm³/mol. The van der Waals surface area contributed by atoms with E-state index in [2.05, 4.69) is 0 Å². The summed E-state index contributed by atoms with van der Waals surface area (Å²) in [6.07, 6.45) is 0.522. The molecule has 68 valence electrons. The lowest BCUT2D eigenvalue weighted by Gasteiger charge is -2.19. The smallest absolute Gasteiger partial charge is 0.205 e. The molecule has 11 heavy (non-hydrogen) atoms. The lowest BCUT2D eigenvalue weighted by Crippen LogP contribution is -2.10. The highest BCUT2D eigenvalue weighted by molar-refractivity contribution is 7.65. The van der Waals surface area contributed by atoms with Gasteiger partial charge >= 0.3 is 0 Å². The minimum absolute atomic E-state index is 0.261. The zero-order valence-electron chi connectivity index (χ0n) is 8.42. The van der Waals surface area contributed by atoms with E-state index in [0.29, 0.717) is 0 Å². The standard InChI is InChI=1S/C8H20O2P/c1-7(2)9-11(5,6)10-8(3)4/h7-8H,1-6H3/q+1. The Morgan fingerprint density at radius 3 is 1.27 bits per heavy atom. The van der Waals surface area contributed by atoms with Crippen molar-refractivity contribution in [2.45, 2.75) is 39.9 Å². The molecule has 0 saturated heterocycles. The van der Waals surface area contributed by atoms with Crippen LogP contribution in [0.4, 0.5) is 0 Å². The summed E-state index contributed by atoms with van der Waals surface area (Å²) in [5.41, 5.74) is 0. The average molecular weight is 179 g/mol. The number of hydrogen-bond donors (Lipinski definition) is 0. The second-order valence-electron chi connectivity index (χ2n) is 3.56. The van der Waals surface area contributed by atoms with Crippen LogP contribution < -0.4 is 0 Å². The van der Waals surface area contributed by atoms with Gasteiger partial charge < -0.3 is 0 Å². The highest BCUT2D eigenvalue weighted by atomic mass is 31.2. The van der Waals surface area contributed by atoms with Gasteiger partial charge in [-0.25, -0.2) is 9.05 Å². The quantitative estimate of drug-likeness (QED) is 0.618. The Balaban J connectivity index is 3.79. The molecule has 0 aromatic heterocycles. The third-order valence-corrected chi connectivity index (χ3v) is 2.79. The molecule has 0 amide bonds. The van der Waals surface area contributed by atoms with Crippen molar-refractivity contribution in [3.8, 4) is 0 Å². The molecular weight excluding hydrogens is 159 g/mol. The highest BCUT2D eigenvalue weighted by Crippen LogP contribution is 2.55. The Kier molecular flexibility index (Phi) is 4.53. The largest absolute Gasteiger partial charge is 0.270 e. The molecule has 0 N–H and O–H groups in total. The minimum atomic E-state index is -1.55. The van der Waals surface area contributed by atoms with Crippen molar-refractivity contribution in [3.63, 3.8) is 0 Å². The molecule has 0 aliphatic carbocycles. The molecule has 0 aromatic rings. The Labute approximate surface area is 70.8 Å². The molecule has 0 saturated carbocycles. The van der Waals surface area contributed by atoms with Crippen molar-refractivity contribution in [1.82, 2.24) is 0 Å². The summed E-state index contributed by atoms with van der Waals surface area (Å²) in [6, 6.07) is 0. The lowest BCUT2D eigenvalue weighted by molar-refractivity contribution is 0.167. The van der Waals surface area contributed by atoms with E-state index >= 15 is 0 Å². The molecule has 0 radical (unpaired) electrons. The van der Waals surface area contributed by atoms with Crippen molar-refractivity contribution >= 4 is 7.72 Å². The first kappa shape index (κ1) is 11.4. The van der Waals surface area contributed by atoms with Crippen molar-refractivity contribution < 1.29 is 9.05 Å². The SMILES string of the molecule is CC(C)O[P+](C)(C)OC(C)C. The summed E-state index contributed by atoms with van der Waals surface area (Å²) in [6.45, 7) is 12.2. The van der Waals surface area contributed by atoms with Crippen LogP contribution in [0.2, 0.25) is 0 Å². The predicted octanol–water partition coefficient (Wildman–Crippen LogP) is 2.94. The first-order valence-corrected chi connectivity index (χ1v) is 6.56. The van der Waals surface area contributed by atoms with Gasteiger partial charge in [-0.3, -0.25) is 0 Å². The minimum Gasteiger partial charge on any atom is -0.205 e. The molecule has 0 atom stereocenters. The Morgan fingerprint density at radius 1 is 0.818 bits per heavy atom. The van der Waals surface area contributed by atoms with Crippen LogP contribution in [-0.4, -0.2) is 25.5 Å². The van der Waals surface area contributed by atoms with E-state index in [1.807, 2.05) is 41.0 Å². The van der Waals surface area contributed by atoms with Crippen LogP contribution in [0.25, 0.3) is 0 Å². The Bertz CT molecular complexity index is 98.7. The third-order valence-electron chi connectivity index (χ3n) is 0.929. The van der Waals surface area contributed by atoms with Crippen molar-refractivity contribution in [2.75, 3.05) is 13.3 Å². The van der Waals surface area contributed by atoms with E-state index in [9.17, 15) is 0 Å². The van der Waals surface area contributed by atoms with E-state index in [0.717, 1.165) is 0 Å². The summed E-state index contributed by atoms with van der Waals surface area (Å²) >= 11 is 0. The van der Waals surface area contributed by atoms with E-state index in [1.165, 1.54) is 0 Å². The van der Waals surface area contributed by atoms with Crippen LogP contribution in [0.3, 0.4) is 0 Å². The third kappa shape index (κ3) is 6.74. The molecule has 3 heteroatoms. The molecule has 0 fully saturated rings. The highest BCUT2D eigenvalue weighted by Gasteiger charge is 2.31. The molecule has 2 nitrogen and oxygen atoms in total.